The van der Waals surface area contributed by atoms with Crippen molar-refractivity contribution in [1.82, 2.24) is 9.97 Å². The first-order valence-corrected chi connectivity index (χ1v) is 8.47. The van der Waals surface area contributed by atoms with Gasteiger partial charge in [0.25, 0.3) is 0 Å². The van der Waals surface area contributed by atoms with Gasteiger partial charge in [-0.3, -0.25) is 0 Å². The molecule has 4 nitrogen and oxygen atoms in total. The molecule has 0 radical (unpaired) electrons. The summed E-state index contributed by atoms with van der Waals surface area (Å²) < 4.78 is 0. The van der Waals surface area contributed by atoms with Gasteiger partial charge in [-0.25, -0.2) is 4.98 Å². The summed E-state index contributed by atoms with van der Waals surface area (Å²) in [7, 11) is 0. The molecule has 1 aliphatic heterocycles. The van der Waals surface area contributed by atoms with Crippen LogP contribution in [0.3, 0.4) is 0 Å². The fourth-order valence-electron chi connectivity index (χ4n) is 3.29. The van der Waals surface area contributed by atoms with Gasteiger partial charge in [0.1, 0.15) is 5.82 Å². The molecular weight excluding hydrogens is 284 g/mol. The van der Waals surface area contributed by atoms with Gasteiger partial charge in [-0.1, -0.05) is 25.1 Å². The quantitative estimate of drug-likeness (QED) is 0.913. The van der Waals surface area contributed by atoms with Crippen molar-refractivity contribution in [2.75, 3.05) is 23.3 Å². The summed E-state index contributed by atoms with van der Waals surface area (Å²) in [5, 5.41) is 3.42. The lowest BCUT2D eigenvalue weighted by Gasteiger charge is -2.32. The van der Waals surface area contributed by atoms with E-state index in [0.717, 1.165) is 36.2 Å². The maximum atomic E-state index is 4.77. The molecule has 122 valence electrons. The first-order chi connectivity index (χ1) is 11.0. The molecule has 0 amide bonds. The number of para-hydroxylation sites is 1. The molecule has 1 N–H and O–H groups in total. The third-order valence-corrected chi connectivity index (χ3v) is 4.54. The van der Waals surface area contributed by atoms with E-state index in [2.05, 4.69) is 60.2 Å². The maximum Gasteiger partial charge on any atom is 0.229 e. The van der Waals surface area contributed by atoms with Gasteiger partial charge in [-0.15, -0.1) is 0 Å². The van der Waals surface area contributed by atoms with E-state index < -0.39 is 0 Å². The third kappa shape index (κ3) is 3.63. The Kier molecular flexibility index (Phi) is 4.51. The second-order valence-corrected chi connectivity index (χ2v) is 6.78. The summed E-state index contributed by atoms with van der Waals surface area (Å²) in [6.07, 6.45) is 2.55. The van der Waals surface area contributed by atoms with Crippen LogP contribution >= 0.6 is 0 Å². The van der Waals surface area contributed by atoms with Crippen LogP contribution in [-0.2, 0) is 0 Å². The average molecular weight is 310 g/mol. The van der Waals surface area contributed by atoms with Gasteiger partial charge in [0.2, 0.25) is 5.95 Å². The molecule has 1 saturated heterocycles. The number of aromatic nitrogens is 2. The Bertz CT molecular complexity index is 676. The van der Waals surface area contributed by atoms with Gasteiger partial charge >= 0.3 is 0 Å². The fraction of sp³-hybridized carbons (Fsp3) is 0.474. The molecule has 23 heavy (non-hydrogen) atoms. The van der Waals surface area contributed by atoms with Crippen LogP contribution < -0.4 is 10.2 Å². The maximum absolute atomic E-state index is 4.77. The van der Waals surface area contributed by atoms with Crippen molar-refractivity contribution in [3.63, 3.8) is 0 Å². The second-order valence-electron chi connectivity index (χ2n) is 6.78. The van der Waals surface area contributed by atoms with Gasteiger partial charge in [-0.2, -0.15) is 4.98 Å². The summed E-state index contributed by atoms with van der Waals surface area (Å²) in [5.41, 5.74) is 4.53. The van der Waals surface area contributed by atoms with Gasteiger partial charge in [-0.05, 0) is 50.7 Å². The molecule has 1 aliphatic rings. The van der Waals surface area contributed by atoms with E-state index >= 15 is 0 Å². The van der Waals surface area contributed by atoms with Crippen LogP contribution in [0.1, 0.15) is 36.6 Å². The number of hydrogen-bond acceptors (Lipinski definition) is 4. The molecule has 4 heteroatoms. The number of anilines is 3. The minimum atomic E-state index is 0.690. The van der Waals surface area contributed by atoms with Crippen molar-refractivity contribution in [2.45, 2.75) is 40.5 Å². The van der Waals surface area contributed by atoms with E-state index in [9.17, 15) is 0 Å². The number of piperidine rings is 1. The molecule has 1 fully saturated rings. The molecule has 2 heterocycles. The Morgan fingerprint density at radius 3 is 2.57 bits per heavy atom. The zero-order chi connectivity index (χ0) is 16.4. The van der Waals surface area contributed by atoms with E-state index in [1.54, 1.807) is 0 Å². The third-order valence-electron chi connectivity index (χ3n) is 4.54. The topological polar surface area (TPSA) is 41.1 Å². The molecule has 1 aromatic carbocycles. The lowest BCUT2D eigenvalue weighted by atomic mass is 10.0. The van der Waals surface area contributed by atoms with Crippen LogP contribution in [0.15, 0.2) is 24.3 Å². The van der Waals surface area contributed by atoms with Crippen molar-refractivity contribution in [3.8, 4) is 0 Å². The Morgan fingerprint density at radius 2 is 1.87 bits per heavy atom. The summed E-state index contributed by atoms with van der Waals surface area (Å²) >= 11 is 0. The molecule has 0 bridgehead atoms. The van der Waals surface area contributed by atoms with E-state index in [0.29, 0.717) is 5.95 Å². The van der Waals surface area contributed by atoms with Gasteiger partial charge in [0.05, 0.1) is 0 Å². The van der Waals surface area contributed by atoms with E-state index in [-0.39, 0.29) is 0 Å². The van der Waals surface area contributed by atoms with E-state index in [4.69, 9.17) is 4.98 Å². The minimum Gasteiger partial charge on any atom is -0.356 e. The number of benzene rings is 1. The van der Waals surface area contributed by atoms with Gasteiger partial charge in [0, 0.05) is 30.5 Å². The van der Waals surface area contributed by atoms with Gasteiger partial charge in [0.15, 0.2) is 0 Å². The summed E-state index contributed by atoms with van der Waals surface area (Å²) in [6, 6.07) is 8.39. The van der Waals surface area contributed by atoms with Crippen molar-refractivity contribution in [2.24, 2.45) is 5.92 Å². The van der Waals surface area contributed by atoms with E-state index in [1.807, 2.05) is 6.92 Å². The monoisotopic (exact) mass is 310 g/mol. The van der Waals surface area contributed by atoms with E-state index in [1.165, 1.54) is 24.0 Å². The lowest BCUT2D eigenvalue weighted by molar-refractivity contribution is 0.444. The highest BCUT2D eigenvalue weighted by atomic mass is 15.2. The highest BCUT2D eigenvalue weighted by Crippen LogP contribution is 2.26. The predicted octanol–water partition coefficient (Wildman–Crippen LogP) is 4.38. The lowest BCUT2D eigenvalue weighted by Crippen LogP contribution is -2.35. The fourth-order valence-corrected chi connectivity index (χ4v) is 3.29. The molecular formula is C19H26N4. The van der Waals surface area contributed by atoms with Crippen LogP contribution in [-0.4, -0.2) is 23.1 Å². The number of rotatable bonds is 3. The number of nitrogens with one attached hydrogen (secondary N) is 1. The second kappa shape index (κ2) is 6.57. The van der Waals surface area contributed by atoms with Crippen molar-refractivity contribution < 1.29 is 0 Å². The van der Waals surface area contributed by atoms with Crippen molar-refractivity contribution in [3.05, 3.63) is 41.1 Å². The van der Waals surface area contributed by atoms with Crippen LogP contribution in [0.5, 0.6) is 0 Å². The zero-order valence-corrected chi connectivity index (χ0v) is 14.6. The van der Waals surface area contributed by atoms with Crippen LogP contribution in [0.25, 0.3) is 0 Å². The molecule has 2 aromatic rings. The molecule has 0 aliphatic carbocycles. The summed E-state index contributed by atoms with van der Waals surface area (Å²) in [5.74, 6) is 2.46. The summed E-state index contributed by atoms with van der Waals surface area (Å²) in [4.78, 5) is 11.7. The Balaban J connectivity index is 1.88. The largest absolute Gasteiger partial charge is 0.356 e. The smallest absolute Gasteiger partial charge is 0.229 e. The molecule has 1 aromatic heterocycles. The van der Waals surface area contributed by atoms with Crippen LogP contribution in [0.2, 0.25) is 0 Å². The molecule has 0 spiro atoms. The first kappa shape index (κ1) is 15.8. The normalized spacial score (nSPS) is 18.1. The van der Waals surface area contributed by atoms with Crippen molar-refractivity contribution in [1.29, 1.82) is 0 Å². The highest BCUT2D eigenvalue weighted by molar-refractivity contribution is 5.63. The van der Waals surface area contributed by atoms with Gasteiger partial charge < -0.3 is 10.2 Å². The molecule has 1 unspecified atom stereocenters. The van der Waals surface area contributed by atoms with Crippen LogP contribution in [0.4, 0.5) is 17.5 Å². The Labute approximate surface area is 139 Å². The highest BCUT2D eigenvalue weighted by Gasteiger charge is 2.18. The zero-order valence-electron chi connectivity index (χ0n) is 14.6. The predicted molar refractivity (Wildman–Crippen MR) is 96.6 cm³/mol. The summed E-state index contributed by atoms with van der Waals surface area (Å²) in [6.45, 7) is 10.7. The molecule has 0 saturated carbocycles. The Hall–Kier alpha value is -2.10. The first-order valence-electron chi connectivity index (χ1n) is 8.47. The minimum absolute atomic E-state index is 0.690. The number of hydrogen-bond donors (Lipinski definition) is 1. The van der Waals surface area contributed by atoms with Crippen LogP contribution in [0, 0.1) is 26.7 Å². The Morgan fingerprint density at radius 1 is 1.13 bits per heavy atom. The standard InChI is InChI=1S/C19H26N4/c1-13-7-6-10-23(12-13)17-11-16(4)20-19(21-17)22-18-14(2)8-5-9-15(18)3/h5,8-9,11,13H,6-7,10,12H2,1-4H3,(H,20,21,22). The number of aryl methyl sites for hydroxylation is 3. The number of nitrogens with zero attached hydrogens (tertiary/aromatic N) is 3. The van der Waals surface area contributed by atoms with Crippen molar-refractivity contribution >= 4 is 17.5 Å². The molecule has 3 rings (SSSR count). The SMILES string of the molecule is Cc1cc(N2CCCC(C)C2)nc(Nc2c(C)cccc2C)n1. The average Bonchev–Trinajstić information content (AvgIpc) is 2.51. The molecule has 1 atom stereocenters.